The Kier molecular flexibility index (Phi) is 3.75. The normalized spacial score (nSPS) is 15.1. The minimum Gasteiger partial charge on any atom is -0.394 e. The Morgan fingerprint density at radius 1 is 1.43 bits per heavy atom. The van der Waals surface area contributed by atoms with Crippen LogP contribution in [0.2, 0.25) is 0 Å². The van der Waals surface area contributed by atoms with E-state index in [2.05, 4.69) is 4.98 Å². The average molecular weight is 200 g/mol. The van der Waals surface area contributed by atoms with Gasteiger partial charge < -0.3 is 15.3 Å². The van der Waals surface area contributed by atoms with Crippen LogP contribution in [0.1, 0.15) is 0 Å². The molecule has 6 nitrogen and oxygen atoms in total. The lowest BCUT2D eigenvalue weighted by atomic mass is 10.2. The summed E-state index contributed by atoms with van der Waals surface area (Å²) in [4.78, 5) is 14.5. The van der Waals surface area contributed by atoms with Crippen molar-refractivity contribution in [3.63, 3.8) is 0 Å². The summed E-state index contributed by atoms with van der Waals surface area (Å²) in [6.45, 7) is -0.634. The SMILES string of the molecule is O=c1ncccn1CC(O)[C@H](O)CO. The van der Waals surface area contributed by atoms with Gasteiger partial charge in [-0.15, -0.1) is 0 Å². The predicted molar refractivity (Wildman–Crippen MR) is 47.6 cm³/mol. The molecular formula is C8H12N2O4. The molecular weight excluding hydrogens is 188 g/mol. The summed E-state index contributed by atoms with van der Waals surface area (Å²) in [5, 5.41) is 26.9. The third-order valence-corrected chi connectivity index (χ3v) is 1.80. The van der Waals surface area contributed by atoms with Crippen LogP contribution in [-0.2, 0) is 6.54 Å². The van der Waals surface area contributed by atoms with Gasteiger partial charge in [0.1, 0.15) is 12.2 Å². The number of hydrogen-bond donors (Lipinski definition) is 3. The summed E-state index contributed by atoms with van der Waals surface area (Å²) >= 11 is 0. The highest BCUT2D eigenvalue weighted by Crippen LogP contribution is 1.95. The van der Waals surface area contributed by atoms with E-state index in [4.69, 9.17) is 10.2 Å². The number of aliphatic hydroxyl groups is 3. The standard InChI is InChI=1S/C8H12N2O4/c11-5-7(13)6(12)4-10-3-1-2-9-8(10)14/h1-3,6-7,11-13H,4-5H2/t6?,7-/m1/s1. The highest BCUT2D eigenvalue weighted by molar-refractivity contribution is 4.82. The first-order valence-electron chi connectivity index (χ1n) is 4.13. The fraction of sp³-hybridized carbons (Fsp3) is 0.500. The monoisotopic (exact) mass is 200 g/mol. The van der Waals surface area contributed by atoms with E-state index in [1.807, 2.05) is 0 Å². The molecule has 1 unspecified atom stereocenters. The summed E-state index contributed by atoms with van der Waals surface area (Å²) in [6.07, 6.45) is 0.361. The molecule has 2 atom stereocenters. The van der Waals surface area contributed by atoms with Gasteiger partial charge in [0.15, 0.2) is 0 Å². The third-order valence-electron chi connectivity index (χ3n) is 1.80. The fourth-order valence-electron chi connectivity index (χ4n) is 0.971. The van der Waals surface area contributed by atoms with Gasteiger partial charge in [-0.2, -0.15) is 0 Å². The zero-order chi connectivity index (χ0) is 10.6. The molecule has 0 fully saturated rings. The Bertz CT molecular complexity index is 338. The van der Waals surface area contributed by atoms with E-state index < -0.39 is 24.5 Å². The second kappa shape index (κ2) is 4.85. The summed E-state index contributed by atoms with van der Waals surface area (Å²) in [5.41, 5.74) is -0.503. The quantitative estimate of drug-likeness (QED) is 0.520. The third kappa shape index (κ3) is 2.63. The number of aromatic nitrogens is 2. The Labute approximate surface area is 80.1 Å². The fourth-order valence-corrected chi connectivity index (χ4v) is 0.971. The molecule has 78 valence electrons. The Morgan fingerprint density at radius 3 is 2.71 bits per heavy atom. The van der Waals surface area contributed by atoms with E-state index in [-0.39, 0.29) is 6.54 Å². The highest BCUT2D eigenvalue weighted by atomic mass is 16.4. The second-order valence-electron chi connectivity index (χ2n) is 2.87. The van der Waals surface area contributed by atoms with Crippen molar-refractivity contribution in [1.82, 2.24) is 9.55 Å². The van der Waals surface area contributed by atoms with Crippen LogP contribution in [0.3, 0.4) is 0 Å². The van der Waals surface area contributed by atoms with Crippen LogP contribution in [-0.4, -0.2) is 43.7 Å². The van der Waals surface area contributed by atoms with E-state index in [9.17, 15) is 9.90 Å². The number of rotatable bonds is 4. The van der Waals surface area contributed by atoms with Gasteiger partial charge in [-0.05, 0) is 6.07 Å². The van der Waals surface area contributed by atoms with Crippen molar-refractivity contribution in [2.45, 2.75) is 18.8 Å². The van der Waals surface area contributed by atoms with Crippen LogP contribution in [0.4, 0.5) is 0 Å². The molecule has 0 spiro atoms. The molecule has 1 heterocycles. The smallest absolute Gasteiger partial charge is 0.347 e. The molecule has 14 heavy (non-hydrogen) atoms. The minimum atomic E-state index is -1.25. The molecule has 0 saturated heterocycles. The number of hydrogen-bond acceptors (Lipinski definition) is 5. The van der Waals surface area contributed by atoms with Crippen molar-refractivity contribution >= 4 is 0 Å². The topological polar surface area (TPSA) is 95.6 Å². The molecule has 0 aliphatic rings. The van der Waals surface area contributed by atoms with Crippen molar-refractivity contribution in [2.75, 3.05) is 6.61 Å². The highest BCUT2D eigenvalue weighted by Gasteiger charge is 2.15. The molecule has 0 aliphatic carbocycles. The van der Waals surface area contributed by atoms with Gasteiger partial charge in [0.05, 0.1) is 13.2 Å². The first-order valence-corrected chi connectivity index (χ1v) is 4.13. The molecule has 0 aliphatic heterocycles. The first-order chi connectivity index (χ1) is 6.65. The maximum absolute atomic E-state index is 11.1. The van der Waals surface area contributed by atoms with Crippen LogP contribution in [0.15, 0.2) is 23.3 Å². The number of nitrogens with zero attached hydrogens (tertiary/aromatic N) is 2. The minimum absolute atomic E-state index is 0.0889. The molecule has 0 bridgehead atoms. The van der Waals surface area contributed by atoms with Crippen molar-refractivity contribution in [3.8, 4) is 0 Å². The molecule has 6 heteroatoms. The molecule has 1 aromatic heterocycles. The van der Waals surface area contributed by atoms with Gasteiger partial charge in [0.2, 0.25) is 0 Å². The first kappa shape index (κ1) is 10.8. The van der Waals surface area contributed by atoms with Gasteiger partial charge in [-0.3, -0.25) is 4.57 Å². The van der Waals surface area contributed by atoms with Crippen LogP contribution in [0.5, 0.6) is 0 Å². The molecule has 0 aromatic carbocycles. The number of aliphatic hydroxyl groups excluding tert-OH is 3. The molecule has 0 amide bonds. The lowest BCUT2D eigenvalue weighted by Gasteiger charge is -2.15. The van der Waals surface area contributed by atoms with E-state index in [0.717, 1.165) is 4.57 Å². The maximum Gasteiger partial charge on any atom is 0.347 e. The Hall–Kier alpha value is -1.24. The average Bonchev–Trinajstić information content (AvgIpc) is 2.20. The molecule has 1 rings (SSSR count). The van der Waals surface area contributed by atoms with Crippen molar-refractivity contribution in [1.29, 1.82) is 0 Å². The lowest BCUT2D eigenvalue weighted by Crippen LogP contribution is -2.36. The molecule has 0 radical (unpaired) electrons. The van der Waals surface area contributed by atoms with E-state index in [0.29, 0.717) is 0 Å². The van der Waals surface area contributed by atoms with Gasteiger partial charge in [0.25, 0.3) is 0 Å². The second-order valence-corrected chi connectivity index (χ2v) is 2.87. The van der Waals surface area contributed by atoms with Gasteiger partial charge >= 0.3 is 5.69 Å². The maximum atomic E-state index is 11.1. The largest absolute Gasteiger partial charge is 0.394 e. The van der Waals surface area contributed by atoms with Crippen molar-refractivity contribution in [2.24, 2.45) is 0 Å². The van der Waals surface area contributed by atoms with E-state index in [1.165, 1.54) is 12.4 Å². The van der Waals surface area contributed by atoms with Crippen LogP contribution >= 0.6 is 0 Å². The summed E-state index contributed by atoms with van der Waals surface area (Å²) < 4.78 is 1.16. The zero-order valence-corrected chi connectivity index (χ0v) is 7.45. The summed E-state index contributed by atoms with van der Waals surface area (Å²) in [5.74, 6) is 0. The van der Waals surface area contributed by atoms with E-state index >= 15 is 0 Å². The van der Waals surface area contributed by atoms with Crippen LogP contribution in [0, 0.1) is 0 Å². The Balaban J connectivity index is 2.69. The van der Waals surface area contributed by atoms with Gasteiger partial charge in [-0.25, -0.2) is 9.78 Å². The van der Waals surface area contributed by atoms with Crippen molar-refractivity contribution < 1.29 is 15.3 Å². The van der Waals surface area contributed by atoms with Gasteiger partial charge in [0, 0.05) is 12.4 Å². The summed E-state index contributed by atoms with van der Waals surface area (Å²) in [7, 11) is 0. The van der Waals surface area contributed by atoms with E-state index in [1.54, 1.807) is 6.07 Å². The van der Waals surface area contributed by atoms with Gasteiger partial charge in [-0.1, -0.05) is 0 Å². The predicted octanol–water partition coefficient (Wildman–Crippen LogP) is -2.04. The summed E-state index contributed by atoms with van der Waals surface area (Å²) in [6, 6.07) is 1.54. The van der Waals surface area contributed by atoms with Crippen molar-refractivity contribution in [3.05, 3.63) is 28.9 Å². The van der Waals surface area contributed by atoms with Crippen LogP contribution < -0.4 is 5.69 Å². The lowest BCUT2D eigenvalue weighted by molar-refractivity contribution is -0.0220. The zero-order valence-electron chi connectivity index (χ0n) is 7.45. The molecule has 3 N–H and O–H groups in total. The molecule has 1 aromatic rings. The Morgan fingerprint density at radius 2 is 2.14 bits per heavy atom. The van der Waals surface area contributed by atoms with Crippen LogP contribution in [0.25, 0.3) is 0 Å². The molecule has 0 saturated carbocycles.